The summed E-state index contributed by atoms with van der Waals surface area (Å²) in [5.74, 6) is -0.0482. The Balaban J connectivity index is 1.69. The number of fused-ring (bicyclic) bond motifs is 1. The van der Waals surface area contributed by atoms with E-state index in [0.29, 0.717) is 11.2 Å². The quantitative estimate of drug-likeness (QED) is 0.923. The molecule has 0 bridgehead atoms. The molecule has 0 spiro atoms. The van der Waals surface area contributed by atoms with E-state index in [9.17, 15) is 4.79 Å². The van der Waals surface area contributed by atoms with Crippen LogP contribution in [0.25, 0.3) is 5.65 Å². The predicted molar refractivity (Wildman–Crippen MR) is 81.2 cm³/mol. The van der Waals surface area contributed by atoms with Gasteiger partial charge in [-0.05, 0) is 18.9 Å². The van der Waals surface area contributed by atoms with Crippen LogP contribution in [0.2, 0.25) is 0 Å². The molecular formula is C16H22N4O. The molecule has 0 unspecified atom stereocenters. The van der Waals surface area contributed by atoms with Gasteiger partial charge in [-0.1, -0.05) is 38.5 Å². The smallest absolute Gasteiger partial charge is 0.256 e. The summed E-state index contributed by atoms with van der Waals surface area (Å²) in [7, 11) is 0. The van der Waals surface area contributed by atoms with Gasteiger partial charge in [0, 0.05) is 18.4 Å². The minimum Gasteiger partial charge on any atom is -0.349 e. The second-order valence-electron chi connectivity index (χ2n) is 5.82. The number of hydrogen-bond donors (Lipinski definition) is 1. The van der Waals surface area contributed by atoms with Crippen molar-refractivity contribution in [3.8, 4) is 0 Å². The molecule has 2 aromatic rings. The molecule has 21 heavy (non-hydrogen) atoms. The van der Waals surface area contributed by atoms with E-state index in [1.165, 1.54) is 38.5 Å². The minimum atomic E-state index is -0.0482. The number of aromatic nitrogens is 3. The first-order chi connectivity index (χ1) is 10.3. The maximum absolute atomic E-state index is 12.5. The molecule has 1 saturated carbocycles. The van der Waals surface area contributed by atoms with Gasteiger partial charge >= 0.3 is 0 Å². The summed E-state index contributed by atoms with van der Waals surface area (Å²) >= 11 is 0. The predicted octanol–water partition coefficient (Wildman–Crippen LogP) is 2.96. The average Bonchev–Trinajstić information content (AvgIpc) is 2.96. The number of nitrogens with one attached hydrogen (secondary N) is 1. The zero-order valence-corrected chi connectivity index (χ0v) is 12.3. The van der Waals surface area contributed by atoms with Crippen molar-refractivity contribution in [3.05, 3.63) is 30.2 Å². The average molecular weight is 286 g/mol. The summed E-state index contributed by atoms with van der Waals surface area (Å²) in [6.45, 7) is 0. The number of rotatable bonds is 2. The number of hydrogen-bond acceptors (Lipinski definition) is 3. The normalized spacial score (nSPS) is 17.9. The van der Waals surface area contributed by atoms with Crippen LogP contribution in [0.5, 0.6) is 0 Å². The Labute approximate surface area is 124 Å². The highest BCUT2D eigenvalue weighted by atomic mass is 16.1. The van der Waals surface area contributed by atoms with E-state index < -0.39 is 0 Å². The van der Waals surface area contributed by atoms with Crippen molar-refractivity contribution < 1.29 is 4.79 Å². The Morgan fingerprint density at radius 3 is 2.62 bits per heavy atom. The summed E-state index contributed by atoms with van der Waals surface area (Å²) in [6.07, 6.45) is 14.9. The third kappa shape index (κ3) is 3.40. The molecule has 0 saturated heterocycles. The van der Waals surface area contributed by atoms with Crippen LogP contribution < -0.4 is 5.32 Å². The Kier molecular flexibility index (Phi) is 4.48. The van der Waals surface area contributed by atoms with Crippen LogP contribution in [-0.4, -0.2) is 26.5 Å². The van der Waals surface area contributed by atoms with Gasteiger partial charge in [-0.2, -0.15) is 5.10 Å². The Morgan fingerprint density at radius 1 is 1.14 bits per heavy atom. The fourth-order valence-corrected chi connectivity index (χ4v) is 3.03. The van der Waals surface area contributed by atoms with Gasteiger partial charge in [0.25, 0.3) is 5.91 Å². The molecule has 1 aliphatic rings. The van der Waals surface area contributed by atoms with E-state index in [4.69, 9.17) is 0 Å². The number of carbonyl (C=O) groups is 1. The molecule has 1 amide bonds. The van der Waals surface area contributed by atoms with Gasteiger partial charge in [-0.15, -0.1) is 0 Å². The van der Waals surface area contributed by atoms with Gasteiger partial charge in [-0.25, -0.2) is 9.50 Å². The molecular weight excluding hydrogens is 264 g/mol. The number of carbonyl (C=O) groups excluding carboxylic acids is 1. The van der Waals surface area contributed by atoms with Crippen LogP contribution in [-0.2, 0) is 0 Å². The van der Waals surface area contributed by atoms with Crippen LogP contribution in [0.1, 0.15) is 61.7 Å². The molecule has 5 heteroatoms. The van der Waals surface area contributed by atoms with E-state index >= 15 is 0 Å². The highest BCUT2D eigenvalue weighted by molar-refractivity contribution is 5.99. The summed E-state index contributed by atoms with van der Waals surface area (Å²) in [6, 6.07) is 2.09. The van der Waals surface area contributed by atoms with Crippen molar-refractivity contribution in [2.24, 2.45) is 0 Å². The summed E-state index contributed by atoms with van der Waals surface area (Å²) in [5, 5.41) is 7.35. The minimum absolute atomic E-state index is 0.0482. The van der Waals surface area contributed by atoms with E-state index in [2.05, 4.69) is 15.4 Å². The van der Waals surface area contributed by atoms with Gasteiger partial charge in [0.1, 0.15) is 5.56 Å². The molecule has 0 aromatic carbocycles. The molecule has 1 N–H and O–H groups in total. The SMILES string of the molecule is O=C(NC1CCCCCCCC1)c1cnn2cccnc12. The third-order valence-corrected chi connectivity index (χ3v) is 4.21. The fourth-order valence-electron chi connectivity index (χ4n) is 3.03. The van der Waals surface area contributed by atoms with Crippen molar-refractivity contribution in [1.82, 2.24) is 19.9 Å². The molecule has 2 aromatic heterocycles. The lowest BCUT2D eigenvalue weighted by Crippen LogP contribution is -2.34. The molecule has 1 fully saturated rings. The highest BCUT2D eigenvalue weighted by Crippen LogP contribution is 2.17. The molecule has 2 heterocycles. The maximum atomic E-state index is 12.5. The first-order valence-electron chi connectivity index (χ1n) is 7.94. The van der Waals surface area contributed by atoms with Crippen LogP contribution in [0.3, 0.4) is 0 Å². The van der Waals surface area contributed by atoms with Crippen molar-refractivity contribution in [1.29, 1.82) is 0 Å². The standard InChI is InChI=1S/C16H22N4O/c21-16(14-12-18-20-11-7-10-17-15(14)20)19-13-8-5-3-1-2-4-6-9-13/h7,10-13H,1-6,8-9H2,(H,19,21). The maximum Gasteiger partial charge on any atom is 0.256 e. The third-order valence-electron chi connectivity index (χ3n) is 4.21. The number of nitrogens with zero attached hydrogens (tertiary/aromatic N) is 3. The highest BCUT2D eigenvalue weighted by Gasteiger charge is 2.18. The largest absolute Gasteiger partial charge is 0.349 e. The second kappa shape index (κ2) is 6.70. The van der Waals surface area contributed by atoms with Crippen molar-refractivity contribution in [2.45, 2.75) is 57.4 Å². The lowest BCUT2D eigenvalue weighted by molar-refractivity contribution is 0.0933. The lowest BCUT2D eigenvalue weighted by atomic mass is 10.0. The zero-order chi connectivity index (χ0) is 14.5. The van der Waals surface area contributed by atoms with Crippen molar-refractivity contribution >= 4 is 11.6 Å². The van der Waals surface area contributed by atoms with Gasteiger partial charge in [0.15, 0.2) is 5.65 Å². The topological polar surface area (TPSA) is 59.3 Å². The summed E-state index contributed by atoms with van der Waals surface area (Å²) in [4.78, 5) is 16.7. The Morgan fingerprint density at radius 2 is 1.86 bits per heavy atom. The fraction of sp³-hybridized carbons (Fsp3) is 0.562. The molecule has 3 rings (SSSR count). The molecule has 1 aliphatic carbocycles. The first-order valence-corrected chi connectivity index (χ1v) is 7.94. The molecule has 0 radical (unpaired) electrons. The first kappa shape index (κ1) is 14.0. The van der Waals surface area contributed by atoms with Crippen LogP contribution in [0.4, 0.5) is 0 Å². The van der Waals surface area contributed by atoms with Gasteiger partial charge in [0.2, 0.25) is 0 Å². The molecule has 0 atom stereocenters. The molecule has 0 aliphatic heterocycles. The van der Waals surface area contributed by atoms with Crippen LogP contribution in [0, 0.1) is 0 Å². The summed E-state index contributed by atoms with van der Waals surface area (Å²) in [5.41, 5.74) is 1.19. The van der Waals surface area contributed by atoms with Gasteiger partial charge in [0.05, 0.1) is 6.20 Å². The molecule has 112 valence electrons. The van der Waals surface area contributed by atoms with E-state index in [0.717, 1.165) is 12.8 Å². The van der Waals surface area contributed by atoms with Crippen molar-refractivity contribution in [2.75, 3.05) is 0 Å². The zero-order valence-electron chi connectivity index (χ0n) is 12.3. The lowest BCUT2D eigenvalue weighted by Gasteiger charge is -2.17. The Bertz CT molecular complexity index is 597. The molecule has 5 nitrogen and oxygen atoms in total. The van der Waals surface area contributed by atoms with E-state index in [1.807, 2.05) is 0 Å². The van der Waals surface area contributed by atoms with Crippen LogP contribution in [0.15, 0.2) is 24.7 Å². The van der Waals surface area contributed by atoms with Crippen molar-refractivity contribution in [3.63, 3.8) is 0 Å². The monoisotopic (exact) mass is 286 g/mol. The van der Waals surface area contributed by atoms with E-state index in [-0.39, 0.29) is 11.9 Å². The van der Waals surface area contributed by atoms with Crippen LogP contribution >= 0.6 is 0 Å². The summed E-state index contributed by atoms with van der Waals surface area (Å²) < 4.78 is 1.64. The number of amides is 1. The van der Waals surface area contributed by atoms with Gasteiger partial charge < -0.3 is 5.32 Å². The second-order valence-corrected chi connectivity index (χ2v) is 5.82. The van der Waals surface area contributed by atoms with E-state index in [1.54, 1.807) is 29.2 Å². The van der Waals surface area contributed by atoms with Gasteiger partial charge in [-0.3, -0.25) is 4.79 Å². The Hall–Kier alpha value is -1.91.